The van der Waals surface area contributed by atoms with Crippen LogP contribution in [0.1, 0.15) is 31.9 Å². The summed E-state index contributed by atoms with van der Waals surface area (Å²) < 4.78 is 11.1. The molecule has 0 aliphatic carbocycles. The van der Waals surface area contributed by atoms with E-state index in [-0.39, 0.29) is 5.60 Å². The molecule has 3 rings (SSSR count). The molecule has 0 radical (unpaired) electrons. The van der Waals surface area contributed by atoms with E-state index < -0.39 is 0 Å². The standard InChI is InChI=1S/C24H23NO2/c1-24(2,3)27-23-11-7-10-22(25-23)21-9-6-5-8-19(21)15-12-18-13-16-20(26-4)17-14-18/h5-11,13-14,16-17H,1-4H3. The zero-order chi connectivity index (χ0) is 19.3. The quantitative estimate of drug-likeness (QED) is 0.593. The molecule has 1 heterocycles. The van der Waals surface area contributed by atoms with Crippen molar-refractivity contribution in [3.05, 3.63) is 77.9 Å². The van der Waals surface area contributed by atoms with E-state index >= 15 is 0 Å². The van der Waals surface area contributed by atoms with Crippen LogP contribution in [0.3, 0.4) is 0 Å². The number of pyridine rings is 1. The highest BCUT2D eigenvalue weighted by Crippen LogP contribution is 2.25. The molecule has 0 bridgehead atoms. The van der Waals surface area contributed by atoms with Crippen LogP contribution in [0.5, 0.6) is 11.6 Å². The largest absolute Gasteiger partial charge is 0.497 e. The Morgan fingerprint density at radius 1 is 0.815 bits per heavy atom. The summed E-state index contributed by atoms with van der Waals surface area (Å²) in [5.41, 5.74) is 3.39. The number of benzene rings is 2. The second-order valence-electron chi connectivity index (χ2n) is 7.10. The predicted octanol–water partition coefficient (Wildman–Crippen LogP) is 5.33. The molecule has 136 valence electrons. The molecule has 0 amide bonds. The van der Waals surface area contributed by atoms with Gasteiger partial charge in [0.25, 0.3) is 0 Å². The molecule has 3 heteroatoms. The van der Waals surface area contributed by atoms with E-state index in [1.54, 1.807) is 7.11 Å². The minimum atomic E-state index is -0.292. The lowest BCUT2D eigenvalue weighted by atomic mass is 10.0. The summed E-state index contributed by atoms with van der Waals surface area (Å²) in [7, 11) is 1.65. The van der Waals surface area contributed by atoms with Crippen LogP contribution >= 0.6 is 0 Å². The molecule has 0 atom stereocenters. The van der Waals surface area contributed by atoms with Crippen molar-refractivity contribution < 1.29 is 9.47 Å². The van der Waals surface area contributed by atoms with Gasteiger partial charge in [-0.15, -0.1) is 0 Å². The number of methoxy groups -OCH3 is 1. The van der Waals surface area contributed by atoms with Crippen molar-refractivity contribution in [2.45, 2.75) is 26.4 Å². The molecule has 0 spiro atoms. The van der Waals surface area contributed by atoms with Gasteiger partial charge in [0, 0.05) is 22.8 Å². The van der Waals surface area contributed by atoms with Crippen molar-refractivity contribution in [2.24, 2.45) is 0 Å². The summed E-state index contributed by atoms with van der Waals surface area (Å²) in [6.45, 7) is 6.03. The first-order valence-electron chi connectivity index (χ1n) is 8.86. The van der Waals surface area contributed by atoms with E-state index in [1.807, 2.05) is 87.5 Å². The van der Waals surface area contributed by atoms with Crippen molar-refractivity contribution in [1.29, 1.82) is 0 Å². The third-order valence-corrected chi connectivity index (χ3v) is 3.77. The second-order valence-corrected chi connectivity index (χ2v) is 7.10. The first-order chi connectivity index (χ1) is 12.9. The highest BCUT2D eigenvalue weighted by molar-refractivity contribution is 5.69. The average molecular weight is 357 g/mol. The van der Waals surface area contributed by atoms with Crippen LogP contribution < -0.4 is 9.47 Å². The van der Waals surface area contributed by atoms with Crippen molar-refractivity contribution in [1.82, 2.24) is 4.98 Å². The number of aromatic nitrogens is 1. The zero-order valence-corrected chi connectivity index (χ0v) is 16.1. The van der Waals surface area contributed by atoms with Gasteiger partial charge in [-0.3, -0.25) is 0 Å². The number of ether oxygens (including phenoxy) is 2. The molecule has 2 aromatic carbocycles. The van der Waals surface area contributed by atoms with E-state index in [4.69, 9.17) is 9.47 Å². The minimum absolute atomic E-state index is 0.292. The Bertz CT molecular complexity index is 973. The van der Waals surface area contributed by atoms with E-state index in [1.165, 1.54) is 0 Å². The van der Waals surface area contributed by atoms with Crippen molar-refractivity contribution >= 4 is 0 Å². The third kappa shape index (κ3) is 5.12. The van der Waals surface area contributed by atoms with Gasteiger partial charge in [-0.2, -0.15) is 0 Å². The fraction of sp³-hybridized carbons (Fsp3) is 0.208. The first kappa shape index (κ1) is 18.5. The van der Waals surface area contributed by atoms with E-state index in [9.17, 15) is 0 Å². The van der Waals surface area contributed by atoms with Crippen LogP contribution in [0.25, 0.3) is 11.3 Å². The lowest BCUT2D eigenvalue weighted by Gasteiger charge is -2.20. The Hall–Kier alpha value is -3.25. The summed E-state index contributed by atoms with van der Waals surface area (Å²) in [5.74, 6) is 7.90. The lowest BCUT2D eigenvalue weighted by molar-refractivity contribution is 0.124. The molecule has 0 fully saturated rings. The highest BCUT2D eigenvalue weighted by atomic mass is 16.5. The predicted molar refractivity (Wildman–Crippen MR) is 109 cm³/mol. The zero-order valence-electron chi connectivity index (χ0n) is 16.1. The van der Waals surface area contributed by atoms with Crippen LogP contribution in [-0.2, 0) is 0 Å². The summed E-state index contributed by atoms with van der Waals surface area (Å²) in [4.78, 5) is 4.66. The van der Waals surface area contributed by atoms with E-state index in [0.717, 1.165) is 28.1 Å². The lowest BCUT2D eigenvalue weighted by Crippen LogP contribution is -2.23. The topological polar surface area (TPSA) is 31.4 Å². The van der Waals surface area contributed by atoms with Crippen molar-refractivity contribution in [2.75, 3.05) is 7.11 Å². The van der Waals surface area contributed by atoms with Crippen LogP contribution in [-0.4, -0.2) is 17.7 Å². The molecule has 3 aromatic rings. The van der Waals surface area contributed by atoms with Gasteiger partial charge in [-0.25, -0.2) is 4.98 Å². The summed E-state index contributed by atoms with van der Waals surface area (Å²) in [6.07, 6.45) is 0. The van der Waals surface area contributed by atoms with Crippen LogP contribution in [0.15, 0.2) is 66.7 Å². The number of hydrogen-bond donors (Lipinski definition) is 0. The maximum atomic E-state index is 5.90. The maximum absolute atomic E-state index is 5.90. The van der Waals surface area contributed by atoms with Gasteiger partial charge in [-0.05, 0) is 57.2 Å². The molecule has 0 saturated heterocycles. The third-order valence-electron chi connectivity index (χ3n) is 3.77. The van der Waals surface area contributed by atoms with E-state index in [2.05, 4.69) is 16.8 Å². The van der Waals surface area contributed by atoms with E-state index in [0.29, 0.717) is 5.88 Å². The normalized spacial score (nSPS) is 10.7. The van der Waals surface area contributed by atoms with Gasteiger partial charge in [0.15, 0.2) is 0 Å². The van der Waals surface area contributed by atoms with Crippen molar-refractivity contribution in [3.8, 4) is 34.7 Å². The summed E-state index contributed by atoms with van der Waals surface area (Å²) in [6, 6.07) is 21.5. The monoisotopic (exact) mass is 357 g/mol. The molecule has 3 nitrogen and oxygen atoms in total. The highest BCUT2D eigenvalue weighted by Gasteiger charge is 2.13. The molecular weight excluding hydrogens is 334 g/mol. The van der Waals surface area contributed by atoms with Gasteiger partial charge >= 0.3 is 0 Å². The van der Waals surface area contributed by atoms with Gasteiger partial charge in [0.1, 0.15) is 11.4 Å². The SMILES string of the molecule is COc1ccc(C#Cc2ccccc2-c2cccc(OC(C)(C)C)n2)cc1. The Labute approximate surface area is 161 Å². The molecule has 0 unspecified atom stereocenters. The Balaban J connectivity index is 1.93. The molecule has 0 saturated carbocycles. The molecule has 0 aliphatic rings. The molecule has 1 aromatic heterocycles. The Morgan fingerprint density at radius 2 is 1.56 bits per heavy atom. The van der Waals surface area contributed by atoms with Gasteiger partial charge in [-0.1, -0.05) is 36.1 Å². The summed E-state index contributed by atoms with van der Waals surface area (Å²) in [5, 5.41) is 0. The average Bonchev–Trinajstić information content (AvgIpc) is 2.66. The molecular formula is C24H23NO2. The molecule has 27 heavy (non-hydrogen) atoms. The number of hydrogen-bond acceptors (Lipinski definition) is 3. The smallest absolute Gasteiger partial charge is 0.214 e. The maximum Gasteiger partial charge on any atom is 0.214 e. The first-order valence-corrected chi connectivity index (χ1v) is 8.86. The number of nitrogens with zero attached hydrogens (tertiary/aromatic N) is 1. The van der Waals surface area contributed by atoms with Gasteiger partial charge < -0.3 is 9.47 Å². The van der Waals surface area contributed by atoms with Crippen LogP contribution in [0.2, 0.25) is 0 Å². The minimum Gasteiger partial charge on any atom is -0.497 e. The van der Waals surface area contributed by atoms with Gasteiger partial charge in [0.05, 0.1) is 12.8 Å². The molecule has 0 aliphatic heterocycles. The van der Waals surface area contributed by atoms with Crippen LogP contribution in [0, 0.1) is 11.8 Å². The van der Waals surface area contributed by atoms with Gasteiger partial charge in [0.2, 0.25) is 5.88 Å². The summed E-state index contributed by atoms with van der Waals surface area (Å²) >= 11 is 0. The fourth-order valence-corrected chi connectivity index (χ4v) is 2.56. The number of rotatable bonds is 3. The van der Waals surface area contributed by atoms with Crippen LogP contribution in [0.4, 0.5) is 0 Å². The Kier molecular flexibility index (Phi) is 5.47. The molecule has 0 N–H and O–H groups in total. The Morgan fingerprint density at radius 3 is 2.26 bits per heavy atom. The fourth-order valence-electron chi connectivity index (χ4n) is 2.56. The second kappa shape index (κ2) is 7.97. The van der Waals surface area contributed by atoms with Crippen molar-refractivity contribution in [3.63, 3.8) is 0 Å².